The minimum atomic E-state index is -0.618. The largest absolute Gasteiger partial charge is 0.384 e. The molecular formula is C17H17NO2. The number of aliphatic hydroxyl groups is 1. The zero-order chi connectivity index (χ0) is 14.1. The Labute approximate surface area is 118 Å². The van der Waals surface area contributed by atoms with Crippen LogP contribution in [0.15, 0.2) is 48.5 Å². The van der Waals surface area contributed by atoms with E-state index in [1.807, 2.05) is 53.4 Å². The minimum Gasteiger partial charge on any atom is -0.384 e. The molecule has 1 aliphatic heterocycles. The molecule has 1 atom stereocenters. The number of benzene rings is 2. The molecule has 0 bridgehead atoms. The van der Waals surface area contributed by atoms with Gasteiger partial charge in [-0.1, -0.05) is 48.5 Å². The van der Waals surface area contributed by atoms with Gasteiger partial charge in [0.15, 0.2) is 0 Å². The molecule has 0 radical (unpaired) electrons. The molecule has 1 N–H and O–H groups in total. The summed E-state index contributed by atoms with van der Waals surface area (Å²) in [6.45, 7) is 2.90. The molecule has 0 saturated carbocycles. The quantitative estimate of drug-likeness (QED) is 0.908. The van der Waals surface area contributed by atoms with Gasteiger partial charge in [0, 0.05) is 20.0 Å². The Morgan fingerprint density at radius 2 is 1.75 bits per heavy atom. The van der Waals surface area contributed by atoms with Gasteiger partial charge in [-0.3, -0.25) is 4.79 Å². The van der Waals surface area contributed by atoms with Crippen molar-refractivity contribution in [3.05, 3.63) is 70.8 Å². The predicted octanol–water partition coefficient (Wildman–Crippen LogP) is 2.63. The van der Waals surface area contributed by atoms with Crippen LogP contribution in [0.2, 0.25) is 0 Å². The van der Waals surface area contributed by atoms with E-state index in [4.69, 9.17) is 0 Å². The smallest absolute Gasteiger partial charge is 0.220 e. The fourth-order valence-electron chi connectivity index (χ4n) is 2.63. The summed E-state index contributed by atoms with van der Waals surface area (Å²) in [7, 11) is 0. The van der Waals surface area contributed by atoms with E-state index in [0.717, 1.165) is 16.7 Å². The first-order valence-corrected chi connectivity index (χ1v) is 6.75. The molecule has 0 aromatic heterocycles. The first-order chi connectivity index (χ1) is 9.65. The van der Waals surface area contributed by atoms with Crippen LogP contribution in [0.1, 0.15) is 35.3 Å². The Morgan fingerprint density at radius 3 is 2.45 bits per heavy atom. The highest BCUT2D eigenvalue weighted by Gasteiger charge is 2.22. The highest BCUT2D eigenvalue weighted by molar-refractivity contribution is 5.74. The van der Waals surface area contributed by atoms with Crippen LogP contribution in [0.3, 0.4) is 0 Å². The van der Waals surface area contributed by atoms with E-state index in [1.165, 1.54) is 5.56 Å². The maximum absolute atomic E-state index is 11.4. The summed E-state index contributed by atoms with van der Waals surface area (Å²) >= 11 is 0. The lowest BCUT2D eigenvalue weighted by atomic mass is 9.98. The minimum absolute atomic E-state index is 0.0892. The monoisotopic (exact) mass is 267 g/mol. The molecule has 3 heteroatoms. The molecule has 2 aromatic rings. The van der Waals surface area contributed by atoms with Gasteiger partial charge in [0.25, 0.3) is 0 Å². The summed E-state index contributed by atoms with van der Waals surface area (Å²) < 4.78 is 0. The third-order valence-corrected chi connectivity index (χ3v) is 3.83. The van der Waals surface area contributed by atoms with Crippen molar-refractivity contribution in [2.75, 3.05) is 0 Å². The van der Waals surface area contributed by atoms with Crippen LogP contribution in [-0.2, 0) is 17.9 Å². The van der Waals surface area contributed by atoms with Crippen molar-refractivity contribution in [2.45, 2.75) is 26.1 Å². The number of rotatable bonds is 2. The van der Waals surface area contributed by atoms with Gasteiger partial charge in [0.05, 0.1) is 0 Å². The van der Waals surface area contributed by atoms with Crippen molar-refractivity contribution in [3.63, 3.8) is 0 Å². The van der Waals surface area contributed by atoms with Crippen LogP contribution in [0.4, 0.5) is 0 Å². The Hall–Kier alpha value is -2.13. The van der Waals surface area contributed by atoms with Crippen LogP contribution in [0, 0.1) is 0 Å². The number of aliphatic hydroxyl groups excluding tert-OH is 1. The Balaban J connectivity index is 1.88. The van der Waals surface area contributed by atoms with Crippen molar-refractivity contribution in [1.82, 2.24) is 4.90 Å². The molecule has 3 nitrogen and oxygen atoms in total. The number of amides is 1. The zero-order valence-corrected chi connectivity index (χ0v) is 11.4. The molecule has 0 saturated heterocycles. The van der Waals surface area contributed by atoms with Crippen LogP contribution in [0.5, 0.6) is 0 Å². The Morgan fingerprint density at radius 1 is 1.05 bits per heavy atom. The van der Waals surface area contributed by atoms with E-state index in [9.17, 15) is 9.90 Å². The third-order valence-electron chi connectivity index (χ3n) is 3.83. The molecule has 1 heterocycles. The molecule has 1 aliphatic rings. The van der Waals surface area contributed by atoms with E-state index < -0.39 is 6.10 Å². The number of nitrogens with zero attached hydrogens (tertiary/aromatic N) is 1. The SMILES string of the molecule is CC(=O)N1Cc2ccc(C(O)c3ccccc3)cc2C1. The van der Waals surface area contributed by atoms with E-state index in [1.54, 1.807) is 6.92 Å². The lowest BCUT2D eigenvalue weighted by molar-refractivity contribution is -0.129. The predicted molar refractivity (Wildman–Crippen MR) is 76.9 cm³/mol. The summed E-state index contributed by atoms with van der Waals surface area (Å²) in [4.78, 5) is 13.2. The van der Waals surface area contributed by atoms with Gasteiger partial charge in [-0.25, -0.2) is 0 Å². The molecule has 1 unspecified atom stereocenters. The fraction of sp³-hybridized carbons (Fsp3) is 0.235. The second kappa shape index (κ2) is 5.10. The van der Waals surface area contributed by atoms with Gasteiger partial charge in [0.1, 0.15) is 6.10 Å². The number of fused-ring (bicyclic) bond motifs is 1. The van der Waals surface area contributed by atoms with Gasteiger partial charge in [-0.05, 0) is 22.3 Å². The molecule has 102 valence electrons. The number of hydrogen-bond donors (Lipinski definition) is 1. The molecular weight excluding hydrogens is 250 g/mol. The normalized spacial score (nSPS) is 15.0. The maximum atomic E-state index is 11.4. The molecule has 20 heavy (non-hydrogen) atoms. The van der Waals surface area contributed by atoms with Gasteiger partial charge < -0.3 is 10.0 Å². The molecule has 3 rings (SSSR count). The highest BCUT2D eigenvalue weighted by Crippen LogP contribution is 2.28. The van der Waals surface area contributed by atoms with E-state index >= 15 is 0 Å². The van der Waals surface area contributed by atoms with Gasteiger partial charge in [-0.15, -0.1) is 0 Å². The van der Waals surface area contributed by atoms with Crippen LogP contribution >= 0.6 is 0 Å². The summed E-state index contributed by atoms with van der Waals surface area (Å²) in [5.41, 5.74) is 4.06. The van der Waals surface area contributed by atoms with E-state index in [2.05, 4.69) is 0 Å². The summed E-state index contributed by atoms with van der Waals surface area (Å²) in [6, 6.07) is 15.6. The Bertz CT molecular complexity index is 637. The summed E-state index contributed by atoms with van der Waals surface area (Å²) in [5.74, 6) is 0.0892. The average Bonchev–Trinajstić information content (AvgIpc) is 2.90. The van der Waals surface area contributed by atoms with Crippen molar-refractivity contribution in [2.24, 2.45) is 0 Å². The number of carbonyl (C=O) groups excluding carboxylic acids is 1. The molecule has 0 aliphatic carbocycles. The third kappa shape index (κ3) is 2.32. The summed E-state index contributed by atoms with van der Waals surface area (Å²) in [5, 5.41) is 10.4. The molecule has 2 aromatic carbocycles. The van der Waals surface area contributed by atoms with Crippen LogP contribution in [-0.4, -0.2) is 15.9 Å². The standard InChI is InChI=1S/C17H17NO2/c1-12(19)18-10-15-8-7-14(9-16(15)11-18)17(20)13-5-3-2-4-6-13/h2-9,17,20H,10-11H2,1H3. The van der Waals surface area contributed by atoms with Crippen LogP contribution in [0.25, 0.3) is 0 Å². The topological polar surface area (TPSA) is 40.5 Å². The molecule has 0 spiro atoms. The van der Waals surface area contributed by atoms with E-state index in [0.29, 0.717) is 13.1 Å². The van der Waals surface area contributed by atoms with Gasteiger partial charge >= 0.3 is 0 Å². The van der Waals surface area contributed by atoms with Gasteiger partial charge in [-0.2, -0.15) is 0 Å². The van der Waals surface area contributed by atoms with Crippen molar-refractivity contribution < 1.29 is 9.90 Å². The lowest BCUT2D eigenvalue weighted by Crippen LogP contribution is -2.21. The first kappa shape index (κ1) is 12.9. The first-order valence-electron chi connectivity index (χ1n) is 6.75. The Kier molecular flexibility index (Phi) is 3.28. The fourth-order valence-corrected chi connectivity index (χ4v) is 2.63. The maximum Gasteiger partial charge on any atom is 0.220 e. The second-order valence-electron chi connectivity index (χ2n) is 5.22. The number of carbonyl (C=O) groups is 1. The zero-order valence-electron chi connectivity index (χ0n) is 11.4. The number of hydrogen-bond acceptors (Lipinski definition) is 2. The second-order valence-corrected chi connectivity index (χ2v) is 5.22. The van der Waals surface area contributed by atoms with Crippen molar-refractivity contribution >= 4 is 5.91 Å². The average molecular weight is 267 g/mol. The lowest BCUT2D eigenvalue weighted by Gasteiger charge is -2.12. The van der Waals surface area contributed by atoms with Crippen molar-refractivity contribution in [3.8, 4) is 0 Å². The van der Waals surface area contributed by atoms with Crippen LogP contribution < -0.4 is 0 Å². The highest BCUT2D eigenvalue weighted by atomic mass is 16.3. The molecule has 1 amide bonds. The van der Waals surface area contributed by atoms with Crippen molar-refractivity contribution in [1.29, 1.82) is 0 Å². The van der Waals surface area contributed by atoms with Gasteiger partial charge in [0.2, 0.25) is 5.91 Å². The molecule has 0 fully saturated rings. The van der Waals surface area contributed by atoms with E-state index in [-0.39, 0.29) is 5.91 Å². The summed E-state index contributed by atoms with van der Waals surface area (Å²) in [6.07, 6.45) is -0.618.